The van der Waals surface area contributed by atoms with Crippen LogP contribution in [-0.4, -0.2) is 18.1 Å². The van der Waals surface area contributed by atoms with Gasteiger partial charge in [0.2, 0.25) is 0 Å². The van der Waals surface area contributed by atoms with Gasteiger partial charge in [-0.1, -0.05) is 40.5 Å². The van der Waals surface area contributed by atoms with Crippen molar-refractivity contribution in [3.63, 3.8) is 0 Å². The Morgan fingerprint density at radius 3 is 1.67 bits per heavy atom. The molecule has 0 fully saturated rings. The highest BCUT2D eigenvalue weighted by Crippen LogP contribution is 2.44. The number of rotatable bonds is 8. The molecule has 0 heterocycles. The summed E-state index contributed by atoms with van der Waals surface area (Å²) in [5, 5.41) is 0. The van der Waals surface area contributed by atoms with Gasteiger partial charge < -0.3 is 4.89 Å². The summed E-state index contributed by atoms with van der Waals surface area (Å²) in [6.07, 6.45) is 1.84. The highest BCUT2D eigenvalue weighted by Gasteiger charge is 2.22. The summed E-state index contributed by atoms with van der Waals surface area (Å²) in [6, 6.07) is 0. The molecular formula is C10H23O4P. The zero-order valence-electron chi connectivity index (χ0n) is 10.1. The van der Waals surface area contributed by atoms with Crippen LogP contribution in [0.25, 0.3) is 0 Å². The van der Waals surface area contributed by atoms with Gasteiger partial charge >= 0.3 is 7.82 Å². The molecule has 2 unspecified atom stereocenters. The number of hydrogen-bond donors (Lipinski definition) is 1. The first kappa shape index (κ1) is 15.1. The third kappa shape index (κ3) is 7.97. The molecule has 0 radical (unpaired) electrons. The van der Waals surface area contributed by atoms with Crippen molar-refractivity contribution in [1.29, 1.82) is 0 Å². The second kappa shape index (κ2) is 7.39. The van der Waals surface area contributed by atoms with E-state index in [0.717, 1.165) is 12.8 Å². The Kier molecular flexibility index (Phi) is 7.45. The molecule has 15 heavy (non-hydrogen) atoms. The van der Waals surface area contributed by atoms with E-state index in [1.54, 1.807) is 0 Å². The standard InChI is InChI=1S/C10H23O4P/c1-5-9(3)7-13-15(11,12)14-8-10(4)6-2/h9-10H,5-8H2,1-4H3,(H,11,12). The third-order valence-electron chi connectivity index (χ3n) is 2.44. The Morgan fingerprint density at radius 1 is 1.07 bits per heavy atom. The molecule has 0 amide bonds. The minimum atomic E-state index is -3.83. The summed E-state index contributed by atoms with van der Waals surface area (Å²) >= 11 is 0. The van der Waals surface area contributed by atoms with Gasteiger partial charge in [0.15, 0.2) is 0 Å². The van der Waals surface area contributed by atoms with Crippen LogP contribution in [0, 0.1) is 11.8 Å². The highest BCUT2D eigenvalue weighted by atomic mass is 31.2. The Hall–Kier alpha value is 0.110. The first-order valence-corrected chi connectivity index (χ1v) is 7.02. The molecule has 2 atom stereocenters. The number of phosphoric acid groups is 1. The molecule has 0 spiro atoms. The second-order valence-corrected chi connectivity index (χ2v) is 5.54. The maximum Gasteiger partial charge on any atom is 0.472 e. The Balaban J connectivity index is 3.81. The average molecular weight is 238 g/mol. The van der Waals surface area contributed by atoms with Crippen LogP contribution in [0.2, 0.25) is 0 Å². The van der Waals surface area contributed by atoms with Crippen molar-refractivity contribution in [2.24, 2.45) is 11.8 Å². The van der Waals surface area contributed by atoms with Crippen molar-refractivity contribution in [3.8, 4) is 0 Å². The molecule has 0 aliphatic heterocycles. The van der Waals surface area contributed by atoms with Crippen LogP contribution in [0.3, 0.4) is 0 Å². The molecule has 0 saturated heterocycles. The molecule has 0 aromatic heterocycles. The molecule has 4 nitrogen and oxygen atoms in total. The summed E-state index contributed by atoms with van der Waals surface area (Å²) in [5.74, 6) is 0.551. The summed E-state index contributed by atoms with van der Waals surface area (Å²) in [5.41, 5.74) is 0. The SMILES string of the molecule is CCC(C)COP(=O)(O)OCC(C)CC. The van der Waals surface area contributed by atoms with Gasteiger partial charge in [0, 0.05) is 0 Å². The fourth-order valence-corrected chi connectivity index (χ4v) is 1.68. The first-order valence-electron chi connectivity index (χ1n) is 5.53. The minimum Gasteiger partial charge on any atom is -0.302 e. The van der Waals surface area contributed by atoms with E-state index < -0.39 is 7.82 Å². The van der Waals surface area contributed by atoms with Gasteiger partial charge in [-0.05, 0) is 11.8 Å². The topological polar surface area (TPSA) is 55.8 Å². The summed E-state index contributed by atoms with van der Waals surface area (Å²) < 4.78 is 21.1. The van der Waals surface area contributed by atoms with Crippen molar-refractivity contribution in [2.45, 2.75) is 40.5 Å². The van der Waals surface area contributed by atoms with E-state index in [0.29, 0.717) is 0 Å². The lowest BCUT2D eigenvalue weighted by atomic mass is 10.1. The van der Waals surface area contributed by atoms with Gasteiger partial charge in [-0.2, -0.15) is 0 Å². The van der Waals surface area contributed by atoms with Gasteiger partial charge in [-0.15, -0.1) is 0 Å². The van der Waals surface area contributed by atoms with Gasteiger partial charge in [-0.3, -0.25) is 9.05 Å². The van der Waals surface area contributed by atoms with E-state index in [4.69, 9.17) is 9.05 Å². The van der Waals surface area contributed by atoms with E-state index in [2.05, 4.69) is 0 Å². The molecule has 0 aromatic carbocycles. The molecule has 0 aliphatic rings. The molecule has 0 bridgehead atoms. The quantitative estimate of drug-likeness (QED) is 0.660. The summed E-state index contributed by atoms with van der Waals surface area (Å²) in [6.45, 7) is 8.49. The molecule has 0 aliphatic carbocycles. The fraction of sp³-hybridized carbons (Fsp3) is 1.00. The Morgan fingerprint density at radius 2 is 1.40 bits per heavy atom. The molecular weight excluding hydrogens is 215 g/mol. The van der Waals surface area contributed by atoms with E-state index in [-0.39, 0.29) is 25.0 Å². The zero-order valence-corrected chi connectivity index (χ0v) is 11.0. The van der Waals surface area contributed by atoms with E-state index in [1.807, 2.05) is 27.7 Å². The van der Waals surface area contributed by atoms with Gasteiger partial charge in [0.1, 0.15) is 0 Å². The van der Waals surface area contributed by atoms with Crippen molar-refractivity contribution >= 4 is 7.82 Å². The third-order valence-corrected chi connectivity index (χ3v) is 3.39. The number of phosphoric ester groups is 1. The molecule has 0 aromatic rings. The van der Waals surface area contributed by atoms with Crippen LogP contribution in [0.4, 0.5) is 0 Å². The van der Waals surface area contributed by atoms with E-state index in [9.17, 15) is 9.46 Å². The van der Waals surface area contributed by atoms with Crippen molar-refractivity contribution in [2.75, 3.05) is 13.2 Å². The van der Waals surface area contributed by atoms with Gasteiger partial charge in [0.25, 0.3) is 0 Å². The van der Waals surface area contributed by atoms with Gasteiger partial charge in [0.05, 0.1) is 13.2 Å². The van der Waals surface area contributed by atoms with E-state index in [1.165, 1.54) is 0 Å². The Labute approximate surface area is 92.6 Å². The average Bonchev–Trinajstić information content (AvgIpc) is 2.22. The number of hydrogen-bond acceptors (Lipinski definition) is 3. The van der Waals surface area contributed by atoms with Crippen molar-refractivity contribution < 1.29 is 18.5 Å². The van der Waals surface area contributed by atoms with Crippen LogP contribution in [0.5, 0.6) is 0 Å². The van der Waals surface area contributed by atoms with E-state index >= 15 is 0 Å². The molecule has 0 saturated carbocycles. The maximum atomic E-state index is 11.4. The zero-order chi connectivity index (χ0) is 11.9. The largest absolute Gasteiger partial charge is 0.472 e. The fourth-order valence-electron chi connectivity index (χ4n) is 0.716. The minimum absolute atomic E-state index is 0.269. The van der Waals surface area contributed by atoms with Gasteiger partial charge in [-0.25, -0.2) is 4.57 Å². The van der Waals surface area contributed by atoms with Crippen LogP contribution in [0.15, 0.2) is 0 Å². The smallest absolute Gasteiger partial charge is 0.302 e. The predicted octanol–water partition coefficient (Wildman–Crippen LogP) is 3.21. The second-order valence-electron chi connectivity index (χ2n) is 4.09. The lowest BCUT2D eigenvalue weighted by Crippen LogP contribution is -2.08. The lowest BCUT2D eigenvalue weighted by Gasteiger charge is -2.16. The molecule has 0 rings (SSSR count). The normalized spacial score (nSPS) is 19.5. The van der Waals surface area contributed by atoms with Crippen LogP contribution in [0.1, 0.15) is 40.5 Å². The maximum absolute atomic E-state index is 11.4. The van der Waals surface area contributed by atoms with Crippen LogP contribution in [-0.2, 0) is 13.6 Å². The predicted molar refractivity (Wildman–Crippen MR) is 60.6 cm³/mol. The van der Waals surface area contributed by atoms with Crippen molar-refractivity contribution in [3.05, 3.63) is 0 Å². The molecule has 5 heteroatoms. The van der Waals surface area contributed by atoms with Crippen LogP contribution < -0.4 is 0 Å². The summed E-state index contributed by atoms with van der Waals surface area (Å²) in [4.78, 5) is 9.31. The molecule has 1 N–H and O–H groups in total. The molecule has 92 valence electrons. The highest BCUT2D eigenvalue weighted by molar-refractivity contribution is 7.47. The van der Waals surface area contributed by atoms with Crippen LogP contribution >= 0.6 is 7.82 Å². The lowest BCUT2D eigenvalue weighted by molar-refractivity contribution is 0.120. The first-order chi connectivity index (χ1) is 6.91. The summed E-state index contributed by atoms with van der Waals surface area (Å²) in [7, 11) is -3.83. The Bertz CT molecular complexity index is 190. The van der Waals surface area contributed by atoms with Crippen molar-refractivity contribution in [1.82, 2.24) is 0 Å². The monoisotopic (exact) mass is 238 g/mol.